The first kappa shape index (κ1) is 13.3. The maximum Gasteiger partial charge on any atom is 0.337 e. The van der Waals surface area contributed by atoms with Gasteiger partial charge in [0.05, 0.1) is 0 Å². The van der Waals surface area contributed by atoms with E-state index >= 15 is 0 Å². The smallest absolute Gasteiger partial charge is 0.337 e. The molecule has 0 aromatic heterocycles. The first-order chi connectivity index (χ1) is 6.56. The standard InChI is InChI=1S/C9H18O4Si/c1-5-7(14)6(2)8(10)13-9(11-3)12-4/h9H,5H2,1-4,14H3. The van der Waals surface area contributed by atoms with Gasteiger partial charge in [0.2, 0.25) is 0 Å². The third-order valence-corrected chi connectivity index (χ3v) is 3.52. The predicted octanol–water partition coefficient (Wildman–Crippen LogP) is 0.155. The van der Waals surface area contributed by atoms with Crippen molar-refractivity contribution in [1.82, 2.24) is 0 Å². The van der Waals surface area contributed by atoms with E-state index in [1.54, 1.807) is 6.92 Å². The Hall–Kier alpha value is -0.653. The molecule has 0 saturated carbocycles. The highest BCUT2D eigenvalue weighted by Gasteiger charge is 2.14. The van der Waals surface area contributed by atoms with Gasteiger partial charge >= 0.3 is 12.4 Å². The zero-order valence-corrected chi connectivity index (χ0v) is 11.4. The summed E-state index contributed by atoms with van der Waals surface area (Å²) in [5.74, 6) is -0.370. The first-order valence-electron chi connectivity index (χ1n) is 4.49. The van der Waals surface area contributed by atoms with Gasteiger partial charge in [0.1, 0.15) is 0 Å². The molecule has 0 atom stereocenters. The molecule has 14 heavy (non-hydrogen) atoms. The van der Waals surface area contributed by atoms with Crippen LogP contribution in [-0.4, -0.2) is 36.9 Å². The summed E-state index contributed by atoms with van der Waals surface area (Å²) in [6, 6.07) is 0. The van der Waals surface area contributed by atoms with E-state index in [-0.39, 0.29) is 5.97 Å². The van der Waals surface area contributed by atoms with Crippen LogP contribution < -0.4 is 0 Å². The summed E-state index contributed by atoms with van der Waals surface area (Å²) in [4.78, 5) is 11.5. The van der Waals surface area contributed by atoms with Gasteiger partial charge in [0.15, 0.2) is 0 Å². The Balaban J connectivity index is 4.34. The van der Waals surface area contributed by atoms with Crippen LogP contribution in [0.1, 0.15) is 20.3 Å². The highest BCUT2D eigenvalue weighted by molar-refractivity contribution is 6.24. The van der Waals surface area contributed by atoms with Crippen molar-refractivity contribution in [2.75, 3.05) is 14.2 Å². The van der Waals surface area contributed by atoms with Gasteiger partial charge in [-0.15, -0.1) is 0 Å². The molecule has 0 amide bonds. The molecule has 0 radical (unpaired) electrons. The molecule has 4 nitrogen and oxygen atoms in total. The molecule has 0 N–H and O–H groups in total. The summed E-state index contributed by atoms with van der Waals surface area (Å²) < 4.78 is 14.4. The Morgan fingerprint density at radius 3 is 2.21 bits per heavy atom. The summed E-state index contributed by atoms with van der Waals surface area (Å²) in [6.07, 6.45) is 0.887. The lowest BCUT2D eigenvalue weighted by Crippen LogP contribution is -2.22. The van der Waals surface area contributed by atoms with Crippen LogP contribution in [0.25, 0.3) is 0 Å². The third kappa shape index (κ3) is 4.04. The van der Waals surface area contributed by atoms with E-state index in [0.29, 0.717) is 5.57 Å². The first-order valence-corrected chi connectivity index (χ1v) is 5.49. The van der Waals surface area contributed by atoms with E-state index in [0.717, 1.165) is 21.9 Å². The number of carbonyl (C=O) groups is 1. The Bertz CT molecular complexity index is 221. The van der Waals surface area contributed by atoms with Crippen molar-refractivity contribution in [2.24, 2.45) is 0 Å². The molecule has 0 spiro atoms. The number of carbonyl (C=O) groups excluding carboxylic acids is 1. The Labute approximate surface area is 87.6 Å². The van der Waals surface area contributed by atoms with Gasteiger partial charge in [-0.2, -0.15) is 0 Å². The summed E-state index contributed by atoms with van der Waals surface area (Å²) in [5, 5.41) is 1.14. The molecule has 0 bridgehead atoms. The average molecular weight is 218 g/mol. The minimum absolute atomic E-state index is 0.370. The van der Waals surface area contributed by atoms with Crippen LogP contribution in [0.3, 0.4) is 0 Å². The quantitative estimate of drug-likeness (QED) is 0.285. The fraction of sp³-hybridized carbons (Fsp3) is 0.667. The van der Waals surface area contributed by atoms with E-state index in [4.69, 9.17) is 14.2 Å². The van der Waals surface area contributed by atoms with E-state index in [9.17, 15) is 4.79 Å². The zero-order valence-electron chi connectivity index (χ0n) is 9.42. The Morgan fingerprint density at radius 1 is 1.36 bits per heavy atom. The van der Waals surface area contributed by atoms with Gasteiger partial charge in [-0.05, 0) is 13.3 Å². The van der Waals surface area contributed by atoms with Gasteiger partial charge in [0.25, 0.3) is 0 Å². The maximum absolute atomic E-state index is 11.5. The second kappa shape index (κ2) is 6.75. The molecule has 0 aliphatic carbocycles. The molecule has 0 aliphatic heterocycles. The molecular formula is C9H18O4Si. The van der Waals surface area contributed by atoms with Crippen LogP contribution >= 0.6 is 0 Å². The SMILES string of the molecule is CCC([SiH3])=C(C)C(=O)OC(OC)OC. The Morgan fingerprint density at radius 2 is 1.86 bits per heavy atom. The summed E-state index contributed by atoms with van der Waals surface area (Å²) in [6.45, 7) is 2.86. The number of rotatable bonds is 5. The van der Waals surface area contributed by atoms with Crippen LogP contribution in [0.5, 0.6) is 0 Å². The zero-order chi connectivity index (χ0) is 11.1. The lowest BCUT2D eigenvalue weighted by molar-refractivity contribution is -0.252. The minimum Gasteiger partial charge on any atom is -0.407 e. The van der Waals surface area contributed by atoms with Crippen molar-refractivity contribution in [3.63, 3.8) is 0 Å². The molecule has 82 valence electrons. The van der Waals surface area contributed by atoms with E-state index in [2.05, 4.69) is 0 Å². The van der Waals surface area contributed by atoms with E-state index < -0.39 is 6.48 Å². The van der Waals surface area contributed by atoms with Crippen molar-refractivity contribution in [2.45, 2.75) is 26.7 Å². The van der Waals surface area contributed by atoms with Gasteiger partial charge in [-0.25, -0.2) is 4.79 Å². The highest BCUT2D eigenvalue weighted by atomic mass is 28.1. The topological polar surface area (TPSA) is 44.8 Å². The van der Waals surface area contributed by atoms with Crippen LogP contribution in [0.15, 0.2) is 10.8 Å². The number of ether oxygens (including phenoxy) is 3. The average Bonchev–Trinajstić information content (AvgIpc) is 2.23. The summed E-state index contributed by atoms with van der Waals surface area (Å²) in [5.41, 5.74) is 0.665. The number of methoxy groups -OCH3 is 2. The van der Waals surface area contributed by atoms with Crippen LogP contribution in [0.2, 0.25) is 0 Å². The molecule has 0 rings (SSSR count). The van der Waals surface area contributed by atoms with Crippen LogP contribution in [0.4, 0.5) is 0 Å². The normalized spacial score (nSPS) is 12.9. The fourth-order valence-electron chi connectivity index (χ4n) is 0.808. The van der Waals surface area contributed by atoms with Gasteiger partial charge in [0, 0.05) is 30.0 Å². The number of esters is 1. The number of allylic oxidation sites excluding steroid dienone is 1. The summed E-state index contributed by atoms with van der Waals surface area (Å²) in [7, 11) is 3.71. The highest BCUT2D eigenvalue weighted by Crippen LogP contribution is 2.08. The molecule has 0 saturated heterocycles. The van der Waals surface area contributed by atoms with E-state index in [1.165, 1.54) is 14.2 Å². The van der Waals surface area contributed by atoms with Crippen molar-refractivity contribution in [1.29, 1.82) is 0 Å². The van der Waals surface area contributed by atoms with Gasteiger partial charge < -0.3 is 14.2 Å². The molecule has 0 heterocycles. The second-order valence-electron chi connectivity index (χ2n) is 2.92. The van der Waals surface area contributed by atoms with Crippen molar-refractivity contribution in [3.05, 3.63) is 10.8 Å². The predicted molar refractivity (Wildman–Crippen MR) is 56.8 cm³/mol. The minimum atomic E-state index is -0.913. The number of hydrogen-bond acceptors (Lipinski definition) is 4. The largest absolute Gasteiger partial charge is 0.407 e. The van der Waals surface area contributed by atoms with Crippen molar-refractivity contribution >= 4 is 16.2 Å². The van der Waals surface area contributed by atoms with E-state index in [1.807, 2.05) is 6.92 Å². The van der Waals surface area contributed by atoms with Gasteiger partial charge in [-0.1, -0.05) is 12.1 Å². The molecule has 0 unspecified atom stereocenters. The van der Waals surface area contributed by atoms with Crippen LogP contribution in [-0.2, 0) is 19.0 Å². The van der Waals surface area contributed by atoms with Gasteiger partial charge in [-0.3, -0.25) is 0 Å². The molecule has 0 aromatic rings. The monoisotopic (exact) mass is 218 g/mol. The van der Waals surface area contributed by atoms with Crippen LogP contribution in [0, 0.1) is 0 Å². The van der Waals surface area contributed by atoms with Crippen molar-refractivity contribution < 1.29 is 19.0 Å². The Kier molecular flexibility index (Phi) is 6.43. The third-order valence-electron chi connectivity index (χ3n) is 2.06. The van der Waals surface area contributed by atoms with Crippen molar-refractivity contribution in [3.8, 4) is 0 Å². The fourth-order valence-corrected chi connectivity index (χ4v) is 1.01. The summed E-state index contributed by atoms with van der Waals surface area (Å²) >= 11 is 0. The molecular weight excluding hydrogens is 200 g/mol. The molecule has 0 aromatic carbocycles. The lowest BCUT2D eigenvalue weighted by Gasteiger charge is -2.14. The maximum atomic E-state index is 11.5. The second-order valence-corrected chi connectivity index (χ2v) is 4.13. The molecule has 5 heteroatoms. The lowest BCUT2D eigenvalue weighted by atomic mass is 10.2. The molecule has 0 aliphatic rings. The number of hydrogen-bond donors (Lipinski definition) is 0. The molecule has 0 fully saturated rings.